The molecule has 1 amide bonds. The number of benzene rings is 1. The van der Waals surface area contributed by atoms with Crippen molar-refractivity contribution in [2.75, 3.05) is 31.7 Å². The van der Waals surface area contributed by atoms with Gasteiger partial charge in [0.05, 0.1) is 6.26 Å². The van der Waals surface area contributed by atoms with Gasteiger partial charge in [-0.3, -0.25) is 4.79 Å². The molecule has 0 spiro atoms. The van der Waals surface area contributed by atoms with Crippen molar-refractivity contribution < 1.29 is 17.6 Å². The molecule has 2 N–H and O–H groups in total. The van der Waals surface area contributed by atoms with Gasteiger partial charge < -0.3 is 10.6 Å². The predicted molar refractivity (Wildman–Crippen MR) is 77.9 cm³/mol. The van der Waals surface area contributed by atoms with E-state index in [4.69, 9.17) is 0 Å². The van der Waals surface area contributed by atoms with Gasteiger partial charge in [0, 0.05) is 25.8 Å². The van der Waals surface area contributed by atoms with Crippen LogP contribution in [-0.4, -0.2) is 50.6 Å². The Labute approximate surface area is 123 Å². The monoisotopic (exact) mass is 315 g/mol. The molecule has 1 unspecified atom stereocenters. The second-order valence-corrected chi connectivity index (χ2v) is 7.13. The van der Waals surface area contributed by atoms with Crippen LogP contribution in [0.3, 0.4) is 0 Å². The lowest BCUT2D eigenvalue weighted by Crippen LogP contribution is -2.53. The van der Waals surface area contributed by atoms with Crippen LogP contribution < -0.4 is 10.6 Å². The van der Waals surface area contributed by atoms with E-state index in [1.54, 1.807) is 6.07 Å². The number of hydrogen-bond acceptors (Lipinski definition) is 4. The number of nitrogens with one attached hydrogen (secondary N) is 2. The van der Waals surface area contributed by atoms with E-state index in [1.165, 1.54) is 29.6 Å². The summed E-state index contributed by atoms with van der Waals surface area (Å²) in [6, 6.07) is 5.73. The highest BCUT2D eigenvalue weighted by atomic mass is 32.2. The number of amides is 1. The highest BCUT2D eigenvalue weighted by molar-refractivity contribution is 7.88. The van der Waals surface area contributed by atoms with Gasteiger partial charge in [0.1, 0.15) is 11.4 Å². The van der Waals surface area contributed by atoms with Gasteiger partial charge in [-0.05, 0) is 24.6 Å². The normalized spacial score (nSPS) is 23.0. The Balaban J connectivity index is 2.30. The maximum absolute atomic E-state index is 13.3. The molecule has 1 aromatic carbocycles. The number of likely N-dealkylation sites (N-methyl/N-ethyl adjacent to an activating group) is 1. The fourth-order valence-corrected chi connectivity index (χ4v) is 3.36. The van der Waals surface area contributed by atoms with Crippen LogP contribution in [0.5, 0.6) is 0 Å². The van der Waals surface area contributed by atoms with Crippen LogP contribution in [0.2, 0.25) is 0 Å². The van der Waals surface area contributed by atoms with Crippen LogP contribution in [0.15, 0.2) is 24.3 Å². The Morgan fingerprint density at radius 1 is 1.43 bits per heavy atom. The van der Waals surface area contributed by atoms with Crippen molar-refractivity contribution in [2.45, 2.75) is 12.0 Å². The second-order valence-electron chi connectivity index (χ2n) is 5.14. The summed E-state index contributed by atoms with van der Waals surface area (Å²) in [5, 5.41) is 5.53. The lowest BCUT2D eigenvalue weighted by molar-refractivity contribution is -0.124. The van der Waals surface area contributed by atoms with Gasteiger partial charge in [-0.2, -0.15) is 4.31 Å². The van der Waals surface area contributed by atoms with Crippen LogP contribution in [-0.2, 0) is 14.8 Å². The first kappa shape index (κ1) is 15.7. The van der Waals surface area contributed by atoms with E-state index >= 15 is 0 Å². The number of carbonyl (C=O) groups is 1. The summed E-state index contributed by atoms with van der Waals surface area (Å²) >= 11 is 0. The summed E-state index contributed by atoms with van der Waals surface area (Å²) in [5.74, 6) is -0.747. The van der Waals surface area contributed by atoms with Crippen molar-refractivity contribution in [2.24, 2.45) is 0 Å². The lowest BCUT2D eigenvalue weighted by atomic mass is 9.97. The van der Waals surface area contributed by atoms with Gasteiger partial charge in [-0.25, -0.2) is 12.8 Å². The SMILES string of the molecule is CNC(=O)C1(Nc2cccc(F)c2)CCN(S(C)(=O)=O)C1. The number of halogens is 1. The number of nitrogens with zero attached hydrogens (tertiary/aromatic N) is 1. The Morgan fingerprint density at radius 2 is 2.14 bits per heavy atom. The summed E-state index contributed by atoms with van der Waals surface area (Å²) < 4.78 is 37.8. The molecule has 116 valence electrons. The number of rotatable bonds is 4. The molecule has 1 fully saturated rings. The molecule has 1 aliphatic rings. The predicted octanol–water partition coefficient (Wildman–Crippen LogP) is 0.388. The highest BCUT2D eigenvalue weighted by Gasteiger charge is 2.46. The summed E-state index contributed by atoms with van der Waals surface area (Å²) in [6.07, 6.45) is 1.42. The molecule has 0 aromatic heterocycles. The largest absolute Gasteiger partial charge is 0.370 e. The van der Waals surface area contributed by atoms with Crippen LogP contribution in [0.1, 0.15) is 6.42 Å². The van der Waals surface area contributed by atoms with Crippen LogP contribution in [0.4, 0.5) is 10.1 Å². The quantitative estimate of drug-likeness (QED) is 0.842. The van der Waals surface area contributed by atoms with Gasteiger partial charge in [0.15, 0.2) is 0 Å². The zero-order valence-electron chi connectivity index (χ0n) is 11.9. The third-order valence-electron chi connectivity index (χ3n) is 3.57. The molecule has 0 aliphatic carbocycles. The summed E-state index contributed by atoms with van der Waals surface area (Å²) in [4.78, 5) is 12.2. The van der Waals surface area contributed by atoms with E-state index in [-0.39, 0.29) is 19.0 Å². The van der Waals surface area contributed by atoms with E-state index in [0.29, 0.717) is 12.1 Å². The molecule has 0 radical (unpaired) electrons. The average Bonchev–Trinajstić information content (AvgIpc) is 2.83. The number of hydrogen-bond donors (Lipinski definition) is 2. The fraction of sp³-hybridized carbons (Fsp3) is 0.462. The van der Waals surface area contributed by atoms with E-state index in [1.807, 2.05) is 0 Å². The Hall–Kier alpha value is -1.67. The van der Waals surface area contributed by atoms with Gasteiger partial charge in [-0.15, -0.1) is 0 Å². The number of anilines is 1. The maximum Gasteiger partial charge on any atom is 0.246 e. The molecular weight excluding hydrogens is 297 g/mol. The van der Waals surface area contributed by atoms with E-state index in [2.05, 4.69) is 10.6 Å². The molecule has 1 saturated heterocycles. The summed E-state index contributed by atoms with van der Waals surface area (Å²) in [5.41, 5.74) is -0.653. The van der Waals surface area contributed by atoms with Crippen molar-refractivity contribution in [1.82, 2.24) is 9.62 Å². The van der Waals surface area contributed by atoms with Crippen molar-refractivity contribution in [3.05, 3.63) is 30.1 Å². The number of sulfonamides is 1. The minimum absolute atomic E-state index is 0.0159. The van der Waals surface area contributed by atoms with E-state index < -0.39 is 21.4 Å². The van der Waals surface area contributed by atoms with E-state index in [9.17, 15) is 17.6 Å². The Morgan fingerprint density at radius 3 is 2.67 bits per heavy atom. The van der Waals surface area contributed by atoms with E-state index in [0.717, 1.165) is 6.26 Å². The zero-order chi connectivity index (χ0) is 15.7. The molecule has 1 atom stereocenters. The second kappa shape index (κ2) is 5.61. The highest BCUT2D eigenvalue weighted by Crippen LogP contribution is 2.28. The zero-order valence-corrected chi connectivity index (χ0v) is 12.7. The molecule has 6 nitrogen and oxygen atoms in total. The first-order valence-electron chi connectivity index (χ1n) is 6.48. The van der Waals surface area contributed by atoms with Crippen molar-refractivity contribution in [1.29, 1.82) is 0 Å². The van der Waals surface area contributed by atoms with Gasteiger partial charge in [0.25, 0.3) is 0 Å². The lowest BCUT2D eigenvalue weighted by Gasteiger charge is -2.29. The third-order valence-corrected chi connectivity index (χ3v) is 4.82. The number of carbonyl (C=O) groups excluding carboxylic acids is 1. The molecule has 1 aliphatic heterocycles. The Kier molecular flexibility index (Phi) is 4.20. The van der Waals surface area contributed by atoms with Crippen LogP contribution in [0.25, 0.3) is 0 Å². The van der Waals surface area contributed by atoms with Crippen molar-refractivity contribution in [3.63, 3.8) is 0 Å². The fourth-order valence-electron chi connectivity index (χ4n) is 2.48. The van der Waals surface area contributed by atoms with Gasteiger partial charge >= 0.3 is 0 Å². The molecule has 0 saturated carbocycles. The van der Waals surface area contributed by atoms with Crippen LogP contribution >= 0.6 is 0 Å². The van der Waals surface area contributed by atoms with Crippen LogP contribution in [0, 0.1) is 5.82 Å². The molecule has 2 rings (SSSR count). The molecular formula is C13H18FN3O3S. The minimum atomic E-state index is -3.38. The molecule has 1 aromatic rings. The molecule has 8 heteroatoms. The van der Waals surface area contributed by atoms with Crippen molar-refractivity contribution in [3.8, 4) is 0 Å². The molecule has 21 heavy (non-hydrogen) atoms. The van der Waals surface area contributed by atoms with Crippen molar-refractivity contribution >= 4 is 21.6 Å². The maximum atomic E-state index is 13.3. The molecule has 1 heterocycles. The van der Waals surface area contributed by atoms with Gasteiger partial charge in [0.2, 0.25) is 15.9 Å². The third kappa shape index (κ3) is 3.33. The summed E-state index contributed by atoms with van der Waals surface area (Å²) in [7, 11) is -1.89. The summed E-state index contributed by atoms with van der Waals surface area (Å²) in [6.45, 7) is 0.261. The van der Waals surface area contributed by atoms with Gasteiger partial charge in [-0.1, -0.05) is 6.07 Å². The Bertz CT molecular complexity index is 650. The smallest absolute Gasteiger partial charge is 0.246 e. The topological polar surface area (TPSA) is 78.5 Å². The molecule has 0 bridgehead atoms. The first-order chi connectivity index (χ1) is 9.77. The average molecular weight is 315 g/mol. The first-order valence-corrected chi connectivity index (χ1v) is 8.33. The standard InChI is InChI=1S/C13H18FN3O3S/c1-15-12(18)13(6-7-17(9-13)21(2,19)20)16-11-5-3-4-10(14)8-11/h3-5,8,16H,6-7,9H2,1-2H3,(H,15,18). The minimum Gasteiger partial charge on any atom is -0.370 e.